The van der Waals surface area contributed by atoms with Gasteiger partial charge < -0.3 is 14.3 Å². The molecule has 0 aliphatic carbocycles. The molecule has 0 aliphatic heterocycles. The molecule has 0 saturated heterocycles. The Hall–Kier alpha value is -3.86. The van der Waals surface area contributed by atoms with Crippen molar-refractivity contribution in [1.29, 1.82) is 0 Å². The number of nitrogens with one attached hydrogen (secondary N) is 1. The van der Waals surface area contributed by atoms with E-state index in [1.807, 2.05) is 72.8 Å². The van der Waals surface area contributed by atoms with Crippen LogP contribution in [0.1, 0.15) is 16.1 Å². The zero-order valence-corrected chi connectivity index (χ0v) is 14.9. The highest BCUT2D eigenvalue weighted by atomic mass is 16.5. The SMILES string of the molecule is O=C(NCc1cc(-c2cc3ccccc3o2)on1)c1ccc2ccccc2c1. The molecule has 0 aliphatic rings. The lowest BCUT2D eigenvalue weighted by Crippen LogP contribution is -2.22. The van der Waals surface area contributed by atoms with E-state index in [1.54, 1.807) is 6.07 Å². The molecule has 0 fully saturated rings. The summed E-state index contributed by atoms with van der Waals surface area (Å²) in [6.07, 6.45) is 0. The number of rotatable bonds is 4. The van der Waals surface area contributed by atoms with Crippen LogP contribution in [0.25, 0.3) is 33.3 Å². The number of para-hydroxylation sites is 1. The Morgan fingerprint density at radius 2 is 1.61 bits per heavy atom. The van der Waals surface area contributed by atoms with Crippen molar-refractivity contribution in [2.24, 2.45) is 0 Å². The molecule has 5 nitrogen and oxygen atoms in total. The highest BCUT2D eigenvalue weighted by molar-refractivity contribution is 5.98. The summed E-state index contributed by atoms with van der Waals surface area (Å²) in [6, 6.07) is 25.0. The van der Waals surface area contributed by atoms with Gasteiger partial charge in [-0.1, -0.05) is 53.7 Å². The normalized spacial score (nSPS) is 11.1. The van der Waals surface area contributed by atoms with Crippen LogP contribution in [-0.4, -0.2) is 11.1 Å². The van der Waals surface area contributed by atoms with Gasteiger partial charge in [0.15, 0.2) is 5.76 Å². The zero-order chi connectivity index (χ0) is 18.9. The molecule has 5 aromatic rings. The van der Waals surface area contributed by atoms with Crippen molar-refractivity contribution in [1.82, 2.24) is 10.5 Å². The van der Waals surface area contributed by atoms with Gasteiger partial charge in [-0.15, -0.1) is 0 Å². The van der Waals surface area contributed by atoms with Gasteiger partial charge in [0.25, 0.3) is 5.91 Å². The van der Waals surface area contributed by atoms with E-state index in [2.05, 4.69) is 10.5 Å². The summed E-state index contributed by atoms with van der Waals surface area (Å²) in [4.78, 5) is 12.5. The van der Waals surface area contributed by atoms with Crippen LogP contribution in [0.5, 0.6) is 0 Å². The predicted molar refractivity (Wildman–Crippen MR) is 107 cm³/mol. The number of carbonyl (C=O) groups is 1. The number of nitrogens with zero attached hydrogens (tertiary/aromatic N) is 1. The van der Waals surface area contributed by atoms with Crippen molar-refractivity contribution in [3.05, 3.63) is 90.1 Å². The molecular formula is C23H16N2O3. The average Bonchev–Trinajstić information content (AvgIpc) is 3.38. The maximum Gasteiger partial charge on any atom is 0.251 e. The maximum atomic E-state index is 12.5. The molecule has 1 N–H and O–H groups in total. The second-order valence-corrected chi connectivity index (χ2v) is 6.58. The summed E-state index contributed by atoms with van der Waals surface area (Å²) in [5.41, 5.74) is 2.03. The molecule has 0 atom stereocenters. The van der Waals surface area contributed by atoms with Crippen molar-refractivity contribution in [3.8, 4) is 11.5 Å². The van der Waals surface area contributed by atoms with Crippen LogP contribution in [0.15, 0.2) is 87.8 Å². The molecule has 0 spiro atoms. The molecule has 0 bridgehead atoms. The number of aromatic nitrogens is 1. The molecule has 28 heavy (non-hydrogen) atoms. The molecule has 2 heterocycles. The lowest BCUT2D eigenvalue weighted by Gasteiger charge is -2.04. The fourth-order valence-electron chi connectivity index (χ4n) is 3.22. The first-order valence-electron chi connectivity index (χ1n) is 8.98. The fraction of sp³-hybridized carbons (Fsp3) is 0.0435. The van der Waals surface area contributed by atoms with Gasteiger partial charge in [-0.2, -0.15) is 0 Å². The van der Waals surface area contributed by atoms with Gasteiger partial charge in [0.1, 0.15) is 11.3 Å². The van der Waals surface area contributed by atoms with Gasteiger partial charge >= 0.3 is 0 Å². The Labute approximate surface area is 160 Å². The van der Waals surface area contributed by atoms with Crippen LogP contribution < -0.4 is 5.32 Å². The van der Waals surface area contributed by atoms with Crippen molar-refractivity contribution in [2.75, 3.05) is 0 Å². The second kappa shape index (κ2) is 6.70. The molecule has 0 unspecified atom stereocenters. The lowest BCUT2D eigenvalue weighted by atomic mass is 10.1. The fourth-order valence-corrected chi connectivity index (χ4v) is 3.22. The Kier molecular flexibility index (Phi) is 3.91. The first kappa shape index (κ1) is 16.3. The van der Waals surface area contributed by atoms with Crippen LogP contribution in [0.4, 0.5) is 0 Å². The van der Waals surface area contributed by atoms with Crippen molar-refractivity contribution >= 4 is 27.6 Å². The van der Waals surface area contributed by atoms with Gasteiger partial charge in [-0.25, -0.2) is 0 Å². The van der Waals surface area contributed by atoms with E-state index in [0.29, 0.717) is 22.8 Å². The van der Waals surface area contributed by atoms with E-state index in [1.165, 1.54) is 0 Å². The topological polar surface area (TPSA) is 68.3 Å². The minimum absolute atomic E-state index is 0.154. The zero-order valence-electron chi connectivity index (χ0n) is 14.9. The van der Waals surface area contributed by atoms with Crippen molar-refractivity contribution in [3.63, 3.8) is 0 Å². The summed E-state index contributed by atoms with van der Waals surface area (Å²) in [7, 11) is 0. The van der Waals surface area contributed by atoms with Crippen LogP contribution in [0.2, 0.25) is 0 Å². The Morgan fingerprint density at radius 1 is 0.821 bits per heavy atom. The Balaban J connectivity index is 1.30. The minimum Gasteiger partial charge on any atom is -0.453 e. The third-order valence-corrected chi connectivity index (χ3v) is 4.67. The third-order valence-electron chi connectivity index (χ3n) is 4.67. The van der Waals surface area contributed by atoms with Crippen LogP contribution >= 0.6 is 0 Å². The summed E-state index contributed by atoms with van der Waals surface area (Å²) in [6.45, 7) is 0.273. The summed E-state index contributed by atoms with van der Waals surface area (Å²) in [5, 5.41) is 10.0. The highest BCUT2D eigenvalue weighted by Gasteiger charge is 2.13. The molecule has 1 amide bonds. The molecule has 5 rings (SSSR count). The first-order valence-corrected chi connectivity index (χ1v) is 8.98. The molecule has 2 aromatic heterocycles. The smallest absolute Gasteiger partial charge is 0.251 e. The number of fused-ring (bicyclic) bond motifs is 2. The van der Waals surface area contributed by atoms with Crippen molar-refractivity contribution < 1.29 is 13.7 Å². The lowest BCUT2D eigenvalue weighted by molar-refractivity contribution is 0.0950. The monoisotopic (exact) mass is 368 g/mol. The molecule has 0 saturated carbocycles. The predicted octanol–water partition coefficient (Wildman–Crippen LogP) is 5.17. The van der Waals surface area contributed by atoms with Gasteiger partial charge in [0, 0.05) is 17.0 Å². The molecule has 5 heteroatoms. The van der Waals surface area contributed by atoms with Crippen molar-refractivity contribution in [2.45, 2.75) is 6.54 Å². The summed E-state index contributed by atoms with van der Waals surface area (Å²) < 4.78 is 11.2. The first-order chi connectivity index (χ1) is 13.8. The maximum absolute atomic E-state index is 12.5. The molecule has 3 aromatic carbocycles. The van der Waals surface area contributed by atoms with Gasteiger partial charge in [0.05, 0.1) is 6.54 Å². The second-order valence-electron chi connectivity index (χ2n) is 6.58. The number of carbonyl (C=O) groups excluding carboxylic acids is 1. The van der Waals surface area contributed by atoms with E-state index in [0.717, 1.165) is 21.7 Å². The van der Waals surface area contributed by atoms with Gasteiger partial charge in [0.2, 0.25) is 5.76 Å². The third kappa shape index (κ3) is 3.03. The number of hydrogen-bond acceptors (Lipinski definition) is 4. The standard InChI is InChI=1S/C23H16N2O3/c26-23(18-10-9-15-5-1-2-6-16(15)11-18)24-14-19-13-22(28-25-19)21-12-17-7-3-4-8-20(17)27-21/h1-13H,14H2,(H,24,26). The van der Waals surface area contributed by atoms with E-state index >= 15 is 0 Å². The Bertz CT molecular complexity index is 1270. The minimum atomic E-state index is -0.154. The quantitative estimate of drug-likeness (QED) is 0.475. The van der Waals surface area contributed by atoms with E-state index < -0.39 is 0 Å². The van der Waals surface area contributed by atoms with E-state index in [9.17, 15) is 4.79 Å². The largest absolute Gasteiger partial charge is 0.453 e. The summed E-state index contributed by atoms with van der Waals surface area (Å²) >= 11 is 0. The highest BCUT2D eigenvalue weighted by Crippen LogP contribution is 2.28. The van der Waals surface area contributed by atoms with Gasteiger partial charge in [-0.05, 0) is 35.0 Å². The number of furan rings is 1. The van der Waals surface area contributed by atoms with Crippen LogP contribution in [-0.2, 0) is 6.54 Å². The van der Waals surface area contributed by atoms with E-state index in [4.69, 9.17) is 8.94 Å². The number of hydrogen-bond donors (Lipinski definition) is 1. The Morgan fingerprint density at radius 3 is 2.46 bits per heavy atom. The molecule has 0 radical (unpaired) electrons. The van der Waals surface area contributed by atoms with Crippen LogP contribution in [0.3, 0.4) is 0 Å². The number of benzene rings is 3. The summed E-state index contributed by atoms with van der Waals surface area (Å²) in [5.74, 6) is 0.992. The number of amides is 1. The van der Waals surface area contributed by atoms with Gasteiger partial charge in [-0.3, -0.25) is 4.79 Å². The molecule has 136 valence electrons. The average molecular weight is 368 g/mol. The molecular weight excluding hydrogens is 352 g/mol. The van der Waals surface area contributed by atoms with Crippen LogP contribution in [0, 0.1) is 0 Å². The van der Waals surface area contributed by atoms with E-state index in [-0.39, 0.29) is 12.5 Å².